The maximum absolute atomic E-state index is 11.5. The average Bonchev–Trinajstić information content (AvgIpc) is 3.30. The highest BCUT2D eigenvalue weighted by atomic mass is 16.5. The highest BCUT2D eigenvalue weighted by Gasteiger charge is 2.13. The highest BCUT2D eigenvalue weighted by molar-refractivity contribution is 5.75. The second-order valence-corrected chi connectivity index (χ2v) is 5.29. The van der Waals surface area contributed by atoms with Crippen LogP contribution in [0.15, 0.2) is 43.0 Å². The van der Waals surface area contributed by atoms with E-state index in [1.165, 1.54) is 0 Å². The summed E-state index contributed by atoms with van der Waals surface area (Å²) in [6.45, 7) is 0.160. The van der Waals surface area contributed by atoms with E-state index < -0.39 is 0 Å². The number of benzene rings is 1. The van der Waals surface area contributed by atoms with E-state index in [1.807, 2.05) is 22.9 Å². The van der Waals surface area contributed by atoms with E-state index in [0.717, 1.165) is 17.1 Å². The molecule has 0 spiro atoms. The summed E-state index contributed by atoms with van der Waals surface area (Å²) in [6.07, 6.45) is 7.02. The number of carbonyl (C=O) groups excluding carboxylic acids is 1. The number of nitrogens with one attached hydrogen (secondary N) is 1. The summed E-state index contributed by atoms with van der Waals surface area (Å²) in [6, 6.07) is 5.57. The molecule has 1 aromatic carbocycles. The number of carbonyl (C=O) groups is 1. The van der Waals surface area contributed by atoms with E-state index in [9.17, 15) is 4.79 Å². The third kappa shape index (κ3) is 3.47. The first-order valence-corrected chi connectivity index (χ1v) is 7.65. The number of aromatic nitrogens is 4. The fourth-order valence-electron chi connectivity index (χ4n) is 2.45. The smallest absolute Gasteiger partial charge is 0.241 e. The molecule has 0 unspecified atom stereocenters. The zero-order valence-corrected chi connectivity index (χ0v) is 14.3. The summed E-state index contributed by atoms with van der Waals surface area (Å²) in [5, 5.41) is 6.79. The largest absolute Gasteiger partial charge is 0.497 e. The number of ether oxygens (including phenoxy) is 2. The van der Waals surface area contributed by atoms with E-state index >= 15 is 0 Å². The van der Waals surface area contributed by atoms with Gasteiger partial charge in [0, 0.05) is 37.3 Å². The van der Waals surface area contributed by atoms with Crippen molar-refractivity contribution in [3.63, 3.8) is 0 Å². The third-order valence-electron chi connectivity index (χ3n) is 3.73. The molecule has 1 amide bonds. The van der Waals surface area contributed by atoms with Crippen LogP contribution in [0.1, 0.15) is 0 Å². The average molecular weight is 341 g/mol. The summed E-state index contributed by atoms with van der Waals surface area (Å²) in [5.74, 6) is 1.97. The van der Waals surface area contributed by atoms with Gasteiger partial charge >= 0.3 is 0 Å². The molecule has 3 aromatic rings. The maximum Gasteiger partial charge on any atom is 0.241 e. The third-order valence-corrected chi connectivity index (χ3v) is 3.73. The minimum atomic E-state index is -0.113. The van der Waals surface area contributed by atoms with E-state index in [2.05, 4.69) is 15.4 Å². The van der Waals surface area contributed by atoms with Gasteiger partial charge in [0.15, 0.2) is 0 Å². The van der Waals surface area contributed by atoms with Crippen LogP contribution in [0.5, 0.6) is 11.5 Å². The van der Waals surface area contributed by atoms with Gasteiger partial charge < -0.3 is 14.8 Å². The number of methoxy groups -OCH3 is 2. The van der Waals surface area contributed by atoms with Gasteiger partial charge in [0.1, 0.15) is 23.9 Å². The molecule has 8 heteroatoms. The second-order valence-electron chi connectivity index (χ2n) is 5.29. The zero-order valence-electron chi connectivity index (χ0n) is 14.3. The van der Waals surface area contributed by atoms with Crippen LogP contribution < -0.4 is 14.8 Å². The Morgan fingerprint density at radius 1 is 1.20 bits per heavy atom. The summed E-state index contributed by atoms with van der Waals surface area (Å²) >= 11 is 0. The molecule has 0 fully saturated rings. The molecule has 0 saturated carbocycles. The lowest BCUT2D eigenvalue weighted by Gasteiger charge is -2.09. The zero-order chi connectivity index (χ0) is 17.8. The molecule has 2 heterocycles. The van der Waals surface area contributed by atoms with E-state index in [1.54, 1.807) is 50.6 Å². The van der Waals surface area contributed by atoms with Crippen molar-refractivity contribution in [3.05, 3.63) is 43.0 Å². The van der Waals surface area contributed by atoms with Crippen molar-refractivity contribution in [3.8, 4) is 28.6 Å². The normalized spacial score (nSPS) is 10.5. The topological polar surface area (TPSA) is 83.2 Å². The van der Waals surface area contributed by atoms with Crippen molar-refractivity contribution in [1.82, 2.24) is 24.6 Å². The molecule has 1 N–H and O–H groups in total. The van der Waals surface area contributed by atoms with Crippen molar-refractivity contribution >= 4 is 5.91 Å². The van der Waals surface area contributed by atoms with Gasteiger partial charge in [-0.3, -0.25) is 14.0 Å². The van der Waals surface area contributed by atoms with Crippen molar-refractivity contribution in [2.45, 2.75) is 6.54 Å². The molecule has 0 radical (unpaired) electrons. The molecule has 3 rings (SSSR count). The second kappa shape index (κ2) is 7.08. The monoisotopic (exact) mass is 341 g/mol. The van der Waals surface area contributed by atoms with Gasteiger partial charge in [0.25, 0.3) is 0 Å². The lowest BCUT2D eigenvalue weighted by Crippen LogP contribution is -2.23. The Balaban J connectivity index is 1.97. The van der Waals surface area contributed by atoms with E-state index in [-0.39, 0.29) is 12.5 Å². The molecule has 0 aliphatic rings. The molecule has 0 bridgehead atoms. The summed E-state index contributed by atoms with van der Waals surface area (Å²) < 4.78 is 14.1. The lowest BCUT2D eigenvalue weighted by molar-refractivity contribution is -0.121. The summed E-state index contributed by atoms with van der Waals surface area (Å²) in [4.78, 5) is 15.9. The van der Waals surface area contributed by atoms with Crippen LogP contribution in [-0.2, 0) is 11.3 Å². The van der Waals surface area contributed by atoms with Crippen molar-refractivity contribution in [2.75, 3.05) is 21.3 Å². The highest BCUT2D eigenvalue weighted by Crippen LogP contribution is 2.30. The Hall–Kier alpha value is -3.29. The summed E-state index contributed by atoms with van der Waals surface area (Å²) in [7, 11) is 4.80. The molecular weight excluding hydrogens is 322 g/mol. The van der Waals surface area contributed by atoms with Crippen LogP contribution in [0.25, 0.3) is 17.1 Å². The molecule has 0 aliphatic carbocycles. The molecule has 130 valence electrons. The van der Waals surface area contributed by atoms with Crippen molar-refractivity contribution in [2.24, 2.45) is 0 Å². The number of hydrogen-bond acceptors (Lipinski definition) is 5. The van der Waals surface area contributed by atoms with E-state index in [0.29, 0.717) is 11.5 Å². The van der Waals surface area contributed by atoms with Crippen LogP contribution in [0.3, 0.4) is 0 Å². The predicted molar refractivity (Wildman–Crippen MR) is 92.0 cm³/mol. The molecule has 25 heavy (non-hydrogen) atoms. The number of amides is 1. The number of hydrogen-bond donors (Lipinski definition) is 1. The van der Waals surface area contributed by atoms with Gasteiger partial charge in [-0.05, 0) is 12.1 Å². The fourth-order valence-corrected chi connectivity index (χ4v) is 2.45. The van der Waals surface area contributed by atoms with Crippen LogP contribution >= 0.6 is 0 Å². The maximum atomic E-state index is 11.5. The molecular formula is C17H19N5O3. The van der Waals surface area contributed by atoms with Crippen LogP contribution in [0.2, 0.25) is 0 Å². The van der Waals surface area contributed by atoms with Crippen molar-refractivity contribution < 1.29 is 14.3 Å². The lowest BCUT2D eigenvalue weighted by atomic mass is 10.2. The molecule has 0 aliphatic heterocycles. The van der Waals surface area contributed by atoms with Crippen LogP contribution in [0, 0.1) is 0 Å². The first-order chi connectivity index (χ1) is 12.1. The van der Waals surface area contributed by atoms with Gasteiger partial charge in [0.05, 0.1) is 26.1 Å². The predicted octanol–water partition coefficient (Wildman–Crippen LogP) is 1.50. The standard InChI is InChI=1S/C17H19N5O3/c1-18-16(23)11-21-10-13(9-20-21)22-5-4-19-17(22)12-6-14(24-2)8-15(7-12)25-3/h4-10H,11H2,1-3H3,(H,18,23). The number of rotatable bonds is 6. The first-order valence-electron chi connectivity index (χ1n) is 7.65. The van der Waals surface area contributed by atoms with Gasteiger partial charge in [0.2, 0.25) is 5.91 Å². The van der Waals surface area contributed by atoms with Crippen molar-refractivity contribution in [1.29, 1.82) is 0 Å². The van der Waals surface area contributed by atoms with Crippen LogP contribution in [-0.4, -0.2) is 46.5 Å². The van der Waals surface area contributed by atoms with Gasteiger partial charge in [-0.15, -0.1) is 0 Å². The minimum absolute atomic E-state index is 0.113. The quantitative estimate of drug-likeness (QED) is 0.735. The number of imidazole rings is 1. The summed E-state index contributed by atoms with van der Waals surface area (Å²) in [5.41, 5.74) is 1.65. The fraction of sp³-hybridized carbons (Fsp3) is 0.235. The van der Waals surface area contributed by atoms with Gasteiger partial charge in [-0.1, -0.05) is 0 Å². The Kier molecular flexibility index (Phi) is 4.69. The molecule has 8 nitrogen and oxygen atoms in total. The molecule has 0 atom stereocenters. The number of likely N-dealkylation sites (N-methyl/N-ethyl adjacent to an activating group) is 1. The Labute approximate surface area is 145 Å². The molecule has 0 saturated heterocycles. The Bertz CT molecular complexity index is 862. The first kappa shape index (κ1) is 16.6. The Morgan fingerprint density at radius 2 is 1.92 bits per heavy atom. The van der Waals surface area contributed by atoms with Crippen LogP contribution in [0.4, 0.5) is 0 Å². The number of nitrogens with zero attached hydrogens (tertiary/aromatic N) is 4. The molecule has 2 aromatic heterocycles. The van der Waals surface area contributed by atoms with Gasteiger partial charge in [-0.25, -0.2) is 4.98 Å². The SMILES string of the molecule is CNC(=O)Cn1cc(-n2ccnc2-c2cc(OC)cc(OC)c2)cn1. The van der Waals surface area contributed by atoms with E-state index in [4.69, 9.17) is 9.47 Å². The van der Waals surface area contributed by atoms with Gasteiger partial charge in [-0.2, -0.15) is 5.10 Å². The minimum Gasteiger partial charge on any atom is -0.497 e. The Morgan fingerprint density at radius 3 is 2.56 bits per heavy atom.